The number of carbonyl (C=O) groups excluding carboxylic acids is 1. The number of carbonyl (C=O) groups is 1. The summed E-state index contributed by atoms with van der Waals surface area (Å²) in [7, 11) is 7.82. The average molecular weight is 315 g/mol. The van der Waals surface area contributed by atoms with Crippen molar-refractivity contribution in [2.75, 3.05) is 38.0 Å². The van der Waals surface area contributed by atoms with E-state index in [1.165, 1.54) is 12.1 Å². The van der Waals surface area contributed by atoms with E-state index in [0.717, 1.165) is 16.9 Å². The van der Waals surface area contributed by atoms with Gasteiger partial charge in [-0.15, -0.1) is 0 Å². The van der Waals surface area contributed by atoms with Gasteiger partial charge in [0.25, 0.3) is 5.91 Å². The molecule has 2 aromatic rings. The summed E-state index contributed by atoms with van der Waals surface area (Å²) in [6, 6.07) is 12.0. The molecule has 0 bridgehead atoms. The molecule has 122 valence electrons. The van der Waals surface area contributed by atoms with Crippen molar-refractivity contribution in [1.29, 1.82) is 0 Å². The monoisotopic (exact) mass is 315 g/mol. The fourth-order valence-electron chi connectivity index (χ4n) is 2.49. The summed E-state index contributed by atoms with van der Waals surface area (Å²) in [5.74, 6) is -0.930. The van der Waals surface area contributed by atoms with E-state index in [1.54, 1.807) is 12.1 Å². The first kappa shape index (κ1) is 16.8. The van der Waals surface area contributed by atoms with Crippen LogP contribution in [0.4, 0.5) is 15.8 Å². The number of rotatable bonds is 5. The molecule has 0 spiro atoms. The van der Waals surface area contributed by atoms with Gasteiger partial charge in [0, 0.05) is 51.7 Å². The Morgan fingerprint density at radius 3 is 2.04 bits per heavy atom. The van der Waals surface area contributed by atoms with Crippen LogP contribution in [0.25, 0.3) is 0 Å². The summed E-state index contributed by atoms with van der Waals surface area (Å²) in [6.45, 7) is 0.328. The fraction of sp³-hybridized carbons (Fsp3) is 0.278. The van der Waals surface area contributed by atoms with Crippen molar-refractivity contribution in [3.8, 4) is 0 Å². The quantitative estimate of drug-likeness (QED) is 0.921. The fourth-order valence-corrected chi connectivity index (χ4v) is 2.49. The number of benzene rings is 2. The highest BCUT2D eigenvalue weighted by molar-refractivity contribution is 5.94. The number of nitrogens with one attached hydrogen (secondary N) is 1. The van der Waals surface area contributed by atoms with Crippen LogP contribution in [-0.2, 0) is 6.54 Å². The topological polar surface area (TPSA) is 35.6 Å². The van der Waals surface area contributed by atoms with Crippen molar-refractivity contribution in [3.63, 3.8) is 0 Å². The zero-order chi connectivity index (χ0) is 17.0. The predicted molar refractivity (Wildman–Crippen MR) is 92.7 cm³/mol. The molecule has 23 heavy (non-hydrogen) atoms. The van der Waals surface area contributed by atoms with Crippen LogP contribution in [0.15, 0.2) is 42.5 Å². The second-order valence-electron chi connectivity index (χ2n) is 5.73. The van der Waals surface area contributed by atoms with Crippen LogP contribution in [0.5, 0.6) is 0 Å². The van der Waals surface area contributed by atoms with Gasteiger partial charge >= 0.3 is 0 Å². The van der Waals surface area contributed by atoms with Gasteiger partial charge in [-0.1, -0.05) is 18.2 Å². The van der Waals surface area contributed by atoms with Gasteiger partial charge in [-0.05, 0) is 24.3 Å². The lowest BCUT2D eigenvalue weighted by Crippen LogP contribution is -2.26. The molecule has 0 unspecified atom stereocenters. The van der Waals surface area contributed by atoms with Gasteiger partial charge in [0.05, 0.1) is 5.56 Å². The van der Waals surface area contributed by atoms with Crippen molar-refractivity contribution in [3.05, 3.63) is 59.4 Å². The molecule has 2 rings (SSSR count). The Balaban J connectivity index is 2.26. The van der Waals surface area contributed by atoms with Gasteiger partial charge in [-0.2, -0.15) is 0 Å². The van der Waals surface area contributed by atoms with Gasteiger partial charge in [0.15, 0.2) is 0 Å². The molecule has 5 heteroatoms. The zero-order valence-electron chi connectivity index (χ0n) is 13.9. The third-order valence-corrected chi connectivity index (χ3v) is 3.63. The van der Waals surface area contributed by atoms with E-state index < -0.39 is 11.7 Å². The van der Waals surface area contributed by atoms with Gasteiger partial charge in [0.1, 0.15) is 5.82 Å². The first-order valence-electron chi connectivity index (χ1n) is 7.41. The number of anilines is 2. The maximum Gasteiger partial charge on any atom is 0.254 e. The minimum atomic E-state index is -0.515. The lowest BCUT2D eigenvalue weighted by atomic mass is 10.1. The van der Waals surface area contributed by atoms with Crippen molar-refractivity contribution in [2.24, 2.45) is 0 Å². The highest BCUT2D eigenvalue weighted by atomic mass is 19.1. The van der Waals surface area contributed by atoms with Crippen molar-refractivity contribution < 1.29 is 9.18 Å². The number of nitrogens with zero attached hydrogens (tertiary/aromatic N) is 2. The average Bonchev–Trinajstić information content (AvgIpc) is 2.52. The normalized spacial score (nSPS) is 10.3. The van der Waals surface area contributed by atoms with Crippen LogP contribution in [0, 0.1) is 5.82 Å². The Morgan fingerprint density at radius 2 is 1.52 bits per heavy atom. The predicted octanol–water partition coefficient (Wildman–Crippen LogP) is 2.89. The van der Waals surface area contributed by atoms with E-state index in [2.05, 4.69) is 5.32 Å². The Kier molecular flexibility index (Phi) is 5.21. The molecule has 0 aliphatic rings. The first-order valence-corrected chi connectivity index (χ1v) is 7.41. The minimum Gasteiger partial charge on any atom is -0.377 e. The van der Waals surface area contributed by atoms with Crippen LogP contribution in [0.1, 0.15) is 15.9 Å². The van der Waals surface area contributed by atoms with Crippen LogP contribution < -0.4 is 15.1 Å². The molecule has 2 aromatic carbocycles. The summed E-state index contributed by atoms with van der Waals surface area (Å²) in [5, 5.41) is 2.81. The van der Waals surface area contributed by atoms with Crippen molar-refractivity contribution in [2.45, 2.75) is 6.54 Å². The van der Waals surface area contributed by atoms with Gasteiger partial charge < -0.3 is 15.1 Å². The standard InChI is InChI=1S/C18H22FN3O/c1-21(2)16-10-7-11-17(22(3)4)14(16)12-20-18(23)13-8-5-6-9-15(13)19/h5-11H,12H2,1-4H3,(H,20,23). The van der Waals surface area contributed by atoms with Crippen LogP contribution in [-0.4, -0.2) is 34.1 Å². The maximum absolute atomic E-state index is 13.7. The first-order chi connectivity index (χ1) is 10.9. The molecule has 0 aromatic heterocycles. The number of hydrogen-bond acceptors (Lipinski definition) is 3. The van der Waals surface area contributed by atoms with E-state index in [-0.39, 0.29) is 5.56 Å². The molecular weight excluding hydrogens is 293 g/mol. The van der Waals surface area contributed by atoms with E-state index in [1.807, 2.05) is 56.2 Å². The molecule has 1 N–H and O–H groups in total. The highest BCUT2D eigenvalue weighted by Gasteiger charge is 2.15. The van der Waals surface area contributed by atoms with E-state index >= 15 is 0 Å². The third-order valence-electron chi connectivity index (χ3n) is 3.63. The largest absolute Gasteiger partial charge is 0.377 e. The minimum absolute atomic E-state index is 0.0567. The van der Waals surface area contributed by atoms with Gasteiger partial charge in [-0.3, -0.25) is 4.79 Å². The van der Waals surface area contributed by atoms with Crippen molar-refractivity contribution >= 4 is 17.3 Å². The number of hydrogen-bond donors (Lipinski definition) is 1. The second-order valence-corrected chi connectivity index (χ2v) is 5.73. The summed E-state index contributed by atoms with van der Waals surface area (Å²) >= 11 is 0. The molecule has 0 aliphatic carbocycles. The molecular formula is C18H22FN3O. The Hall–Kier alpha value is -2.56. The van der Waals surface area contributed by atoms with Crippen LogP contribution in [0.2, 0.25) is 0 Å². The highest BCUT2D eigenvalue weighted by Crippen LogP contribution is 2.28. The Labute approximate surface area is 136 Å². The Morgan fingerprint density at radius 1 is 0.957 bits per heavy atom. The second kappa shape index (κ2) is 7.13. The third kappa shape index (κ3) is 3.80. The van der Waals surface area contributed by atoms with Crippen LogP contribution in [0.3, 0.4) is 0 Å². The summed E-state index contributed by atoms with van der Waals surface area (Å²) in [5.41, 5.74) is 3.09. The smallest absolute Gasteiger partial charge is 0.254 e. The molecule has 4 nitrogen and oxygen atoms in total. The SMILES string of the molecule is CN(C)c1cccc(N(C)C)c1CNC(=O)c1ccccc1F. The molecule has 0 heterocycles. The lowest BCUT2D eigenvalue weighted by molar-refractivity contribution is 0.0947. The van der Waals surface area contributed by atoms with E-state index in [0.29, 0.717) is 6.54 Å². The zero-order valence-corrected chi connectivity index (χ0v) is 13.9. The molecule has 1 amide bonds. The molecule has 0 saturated carbocycles. The van der Waals surface area contributed by atoms with Gasteiger partial charge in [0.2, 0.25) is 0 Å². The molecule has 0 atom stereocenters. The summed E-state index contributed by atoms with van der Waals surface area (Å²) in [4.78, 5) is 16.2. The summed E-state index contributed by atoms with van der Waals surface area (Å²) < 4.78 is 13.7. The molecule has 0 aliphatic heterocycles. The Bertz CT molecular complexity index is 672. The van der Waals surface area contributed by atoms with Crippen molar-refractivity contribution in [1.82, 2.24) is 5.32 Å². The number of amides is 1. The number of halogens is 1. The lowest BCUT2D eigenvalue weighted by Gasteiger charge is -2.24. The van der Waals surface area contributed by atoms with E-state index in [4.69, 9.17) is 0 Å². The maximum atomic E-state index is 13.7. The molecule has 0 fully saturated rings. The van der Waals surface area contributed by atoms with Crippen LogP contribution >= 0.6 is 0 Å². The molecule has 0 radical (unpaired) electrons. The van der Waals surface area contributed by atoms with E-state index in [9.17, 15) is 9.18 Å². The summed E-state index contributed by atoms with van der Waals surface area (Å²) in [6.07, 6.45) is 0. The van der Waals surface area contributed by atoms with Gasteiger partial charge in [-0.25, -0.2) is 4.39 Å². The molecule has 0 saturated heterocycles.